The Morgan fingerprint density at radius 1 is 1.16 bits per heavy atom. The number of guanidine groups is 1. The number of aliphatic carboxylic acids is 1. The summed E-state index contributed by atoms with van der Waals surface area (Å²) in [4.78, 5) is 58.5. The third kappa shape index (κ3) is 9.58. The van der Waals surface area contributed by atoms with Crippen molar-refractivity contribution >= 4 is 29.7 Å². The molecule has 11 N–H and O–H groups in total. The molecule has 0 saturated carbocycles. The number of hydrogen-bond acceptors (Lipinski definition) is 7. The number of hydrogen-bond donors (Lipinski definition) is 8. The van der Waals surface area contributed by atoms with Crippen molar-refractivity contribution in [1.82, 2.24) is 25.9 Å². The van der Waals surface area contributed by atoms with Gasteiger partial charge < -0.3 is 43.2 Å². The average molecular weight is 439 g/mol. The van der Waals surface area contributed by atoms with E-state index >= 15 is 0 Å². The van der Waals surface area contributed by atoms with Crippen LogP contribution in [0.25, 0.3) is 0 Å². The average Bonchev–Trinajstić information content (AvgIpc) is 3.22. The number of carbonyl (C=O) groups excluding carboxylic acids is 3. The van der Waals surface area contributed by atoms with E-state index in [0.29, 0.717) is 12.1 Å². The summed E-state index contributed by atoms with van der Waals surface area (Å²) >= 11 is 0. The molecule has 31 heavy (non-hydrogen) atoms. The van der Waals surface area contributed by atoms with Gasteiger partial charge in [0.1, 0.15) is 18.1 Å². The summed E-state index contributed by atoms with van der Waals surface area (Å²) in [6.07, 6.45) is 3.26. The Hall–Kier alpha value is -3.68. The van der Waals surface area contributed by atoms with Crippen molar-refractivity contribution in [2.24, 2.45) is 22.2 Å². The third-order valence-electron chi connectivity index (χ3n) is 4.13. The molecule has 172 valence electrons. The quantitative estimate of drug-likeness (QED) is 0.0862. The molecule has 0 aliphatic rings. The lowest BCUT2D eigenvalue weighted by Crippen LogP contribution is -2.55. The van der Waals surface area contributed by atoms with Gasteiger partial charge in [-0.2, -0.15) is 0 Å². The predicted octanol–water partition coefficient (Wildman–Crippen LogP) is -3.48. The fourth-order valence-electron chi connectivity index (χ4n) is 2.52. The Labute approximate surface area is 178 Å². The van der Waals surface area contributed by atoms with E-state index in [-0.39, 0.29) is 31.9 Å². The van der Waals surface area contributed by atoms with Gasteiger partial charge in [0.05, 0.1) is 12.9 Å². The monoisotopic (exact) mass is 439 g/mol. The first-order valence-electron chi connectivity index (χ1n) is 9.49. The number of nitrogens with two attached hydrogens (primary N) is 3. The largest absolute Gasteiger partial charge is 0.480 e. The van der Waals surface area contributed by atoms with Crippen LogP contribution in [0.2, 0.25) is 0 Å². The van der Waals surface area contributed by atoms with Crippen LogP contribution in [0.4, 0.5) is 0 Å². The van der Waals surface area contributed by atoms with Crippen molar-refractivity contribution in [1.29, 1.82) is 0 Å². The summed E-state index contributed by atoms with van der Waals surface area (Å²) in [5, 5.41) is 16.7. The molecule has 3 atom stereocenters. The number of aromatic amines is 1. The van der Waals surface area contributed by atoms with E-state index in [1.807, 2.05) is 0 Å². The Bertz CT molecular complexity index is 777. The minimum atomic E-state index is -1.25. The van der Waals surface area contributed by atoms with Gasteiger partial charge in [0.25, 0.3) is 0 Å². The van der Waals surface area contributed by atoms with Crippen LogP contribution in [-0.2, 0) is 25.6 Å². The Morgan fingerprint density at radius 3 is 2.39 bits per heavy atom. The van der Waals surface area contributed by atoms with Crippen LogP contribution in [0, 0.1) is 0 Å². The Balaban J connectivity index is 2.84. The highest BCUT2D eigenvalue weighted by Gasteiger charge is 2.28. The maximum atomic E-state index is 12.7. The lowest BCUT2D eigenvalue weighted by molar-refractivity contribution is -0.142. The second-order valence-corrected chi connectivity index (χ2v) is 6.68. The van der Waals surface area contributed by atoms with Crippen molar-refractivity contribution in [2.75, 3.05) is 13.1 Å². The zero-order valence-corrected chi connectivity index (χ0v) is 17.1. The van der Waals surface area contributed by atoms with Crippen LogP contribution < -0.4 is 33.2 Å². The fraction of sp³-hybridized carbons (Fsp3) is 0.529. The number of amides is 3. The molecule has 0 spiro atoms. The van der Waals surface area contributed by atoms with E-state index in [1.54, 1.807) is 0 Å². The highest BCUT2D eigenvalue weighted by Crippen LogP contribution is 2.04. The molecule has 14 heteroatoms. The van der Waals surface area contributed by atoms with Crippen molar-refractivity contribution in [3.8, 4) is 0 Å². The van der Waals surface area contributed by atoms with Crippen LogP contribution in [-0.4, -0.2) is 75.9 Å². The van der Waals surface area contributed by atoms with E-state index in [4.69, 9.17) is 17.2 Å². The van der Waals surface area contributed by atoms with Crippen molar-refractivity contribution < 1.29 is 24.3 Å². The van der Waals surface area contributed by atoms with Crippen LogP contribution in [0.3, 0.4) is 0 Å². The normalized spacial score (nSPS) is 13.4. The first-order chi connectivity index (χ1) is 14.6. The number of H-pyrrole nitrogens is 1. The molecular formula is C17H29N9O5. The predicted molar refractivity (Wildman–Crippen MR) is 110 cm³/mol. The smallest absolute Gasteiger partial charge is 0.326 e. The Kier molecular flexibility index (Phi) is 10.5. The van der Waals surface area contributed by atoms with Gasteiger partial charge in [0.15, 0.2) is 5.96 Å². The Morgan fingerprint density at radius 2 is 1.84 bits per heavy atom. The molecule has 0 aliphatic heterocycles. The highest BCUT2D eigenvalue weighted by molar-refractivity contribution is 5.93. The van der Waals surface area contributed by atoms with Gasteiger partial charge in [-0.15, -0.1) is 0 Å². The first-order valence-corrected chi connectivity index (χ1v) is 9.49. The number of rotatable bonds is 13. The van der Waals surface area contributed by atoms with Crippen molar-refractivity contribution in [2.45, 2.75) is 44.3 Å². The molecule has 0 saturated heterocycles. The summed E-state index contributed by atoms with van der Waals surface area (Å²) < 4.78 is 0. The SMILES string of the molecule is CC(NC(=O)CN)C(=O)NC(CCCN=C(N)N)C(=O)NC(Cc1cnc[nH]1)C(=O)O. The van der Waals surface area contributed by atoms with Crippen molar-refractivity contribution in [3.05, 3.63) is 18.2 Å². The number of carbonyl (C=O) groups is 4. The molecule has 0 bridgehead atoms. The van der Waals surface area contributed by atoms with E-state index in [0.717, 1.165) is 0 Å². The van der Waals surface area contributed by atoms with Crippen LogP contribution >= 0.6 is 0 Å². The highest BCUT2D eigenvalue weighted by atomic mass is 16.4. The molecule has 3 amide bonds. The molecule has 0 radical (unpaired) electrons. The number of carboxylic acids is 1. The standard InChI is InChI=1S/C17H29N9O5/c1-9(24-13(27)6-18)14(28)25-11(3-2-4-22-17(19)20)15(29)26-12(16(30)31)5-10-7-21-8-23-10/h7-9,11-12H,2-6,18H2,1H3,(H,21,23)(H,24,27)(H,25,28)(H,26,29)(H,30,31)(H4,19,20,22). The zero-order valence-electron chi connectivity index (χ0n) is 17.1. The van der Waals surface area contributed by atoms with Crippen molar-refractivity contribution in [3.63, 3.8) is 0 Å². The van der Waals surface area contributed by atoms with Gasteiger partial charge in [0.2, 0.25) is 17.7 Å². The lowest BCUT2D eigenvalue weighted by atomic mass is 10.1. The fourth-order valence-corrected chi connectivity index (χ4v) is 2.52. The van der Waals surface area contributed by atoms with Gasteiger partial charge in [-0.05, 0) is 19.8 Å². The second-order valence-electron chi connectivity index (χ2n) is 6.68. The van der Waals surface area contributed by atoms with Crippen LogP contribution in [0.15, 0.2) is 17.5 Å². The van der Waals surface area contributed by atoms with Gasteiger partial charge in [-0.25, -0.2) is 9.78 Å². The number of nitrogens with one attached hydrogen (secondary N) is 4. The molecule has 1 heterocycles. The molecule has 0 aromatic carbocycles. The zero-order chi connectivity index (χ0) is 23.4. The third-order valence-corrected chi connectivity index (χ3v) is 4.13. The molecule has 1 rings (SSSR count). The van der Waals surface area contributed by atoms with Gasteiger partial charge in [-0.3, -0.25) is 19.4 Å². The number of imidazole rings is 1. The first kappa shape index (κ1) is 25.4. The van der Waals surface area contributed by atoms with E-state index in [1.165, 1.54) is 19.4 Å². The van der Waals surface area contributed by atoms with E-state index in [2.05, 4.69) is 30.9 Å². The number of aromatic nitrogens is 2. The number of nitrogens with zero attached hydrogens (tertiary/aromatic N) is 2. The van der Waals surface area contributed by atoms with E-state index < -0.39 is 41.8 Å². The summed E-state index contributed by atoms with van der Waals surface area (Å²) in [5.74, 6) is -3.25. The number of carboxylic acid groups (broad SMARTS) is 1. The maximum absolute atomic E-state index is 12.7. The molecule has 1 aromatic heterocycles. The van der Waals surface area contributed by atoms with Gasteiger partial charge in [-0.1, -0.05) is 0 Å². The molecule has 14 nitrogen and oxygen atoms in total. The molecule has 3 unspecified atom stereocenters. The van der Waals surface area contributed by atoms with Crippen LogP contribution in [0.1, 0.15) is 25.5 Å². The maximum Gasteiger partial charge on any atom is 0.326 e. The van der Waals surface area contributed by atoms with Gasteiger partial charge in [0, 0.05) is 24.9 Å². The van der Waals surface area contributed by atoms with Gasteiger partial charge >= 0.3 is 5.97 Å². The molecule has 0 fully saturated rings. The molecule has 0 aliphatic carbocycles. The summed E-state index contributed by atoms with van der Waals surface area (Å²) in [7, 11) is 0. The van der Waals surface area contributed by atoms with E-state index in [9.17, 15) is 24.3 Å². The topological polar surface area (TPSA) is 244 Å². The minimum Gasteiger partial charge on any atom is -0.480 e. The molecule has 1 aromatic rings. The number of aliphatic imine (C=N–C) groups is 1. The lowest BCUT2D eigenvalue weighted by Gasteiger charge is -2.23. The molecular weight excluding hydrogens is 410 g/mol. The van der Waals surface area contributed by atoms with Crippen LogP contribution in [0.5, 0.6) is 0 Å². The summed E-state index contributed by atoms with van der Waals surface area (Å²) in [6.45, 7) is 1.33. The second kappa shape index (κ2) is 12.8. The minimum absolute atomic E-state index is 0.0291. The summed E-state index contributed by atoms with van der Waals surface area (Å²) in [6, 6.07) is -3.29. The summed E-state index contributed by atoms with van der Waals surface area (Å²) in [5.41, 5.74) is 16.3.